The molecule has 0 aliphatic heterocycles. The molecule has 2 aromatic rings. The molecule has 0 amide bonds. The van der Waals surface area contributed by atoms with E-state index in [1.807, 2.05) is 31.2 Å². The van der Waals surface area contributed by atoms with E-state index < -0.39 is 0 Å². The summed E-state index contributed by atoms with van der Waals surface area (Å²) in [4.78, 5) is 0. The fourth-order valence-electron chi connectivity index (χ4n) is 1.44. The lowest BCUT2D eigenvalue weighted by Crippen LogP contribution is -1.92. The van der Waals surface area contributed by atoms with Crippen molar-refractivity contribution in [2.24, 2.45) is 0 Å². The summed E-state index contributed by atoms with van der Waals surface area (Å²) >= 11 is 0. The average molecular weight is 214 g/mol. The number of anilines is 3. The summed E-state index contributed by atoms with van der Waals surface area (Å²) in [5.41, 5.74) is 9.06. The Bertz CT molecular complexity index is 492. The van der Waals surface area contributed by atoms with Crippen molar-refractivity contribution in [3.05, 3.63) is 48.0 Å². The molecule has 0 radical (unpaired) electrons. The molecule has 82 valence electrons. The Kier molecular flexibility index (Phi) is 2.68. The first kappa shape index (κ1) is 10.4. The monoisotopic (exact) mass is 214 g/mol. The third-order valence-corrected chi connectivity index (χ3v) is 2.37. The summed E-state index contributed by atoms with van der Waals surface area (Å²) in [6, 6.07) is 13.1. The van der Waals surface area contributed by atoms with E-state index in [9.17, 15) is 5.11 Å². The van der Waals surface area contributed by atoms with Gasteiger partial charge in [0, 0.05) is 11.4 Å². The van der Waals surface area contributed by atoms with Crippen molar-refractivity contribution in [1.29, 1.82) is 0 Å². The molecule has 0 aliphatic rings. The molecule has 0 unspecified atom stereocenters. The number of hydrogen-bond acceptors (Lipinski definition) is 3. The first-order chi connectivity index (χ1) is 7.65. The molecule has 4 N–H and O–H groups in total. The fourth-order valence-corrected chi connectivity index (χ4v) is 1.44. The van der Waals surface area contributed by atoms with E-state index in [-0.39, 0.29) is 5.75 Å². The van der Waals surface area contributed by atoms with Crippen LogP contribution < -0.4 is 11.1 Å². The van der Waals surface area contributed by atoms with Crippen LogP contribution in [-0.4, -0.2) is 5.11 Å². The number of nitrogens with one attached hydrogen (secondary N) is 1. The number of nitrogens with two attached hydrogens (primary N) is 1. The molecule has 0 fully saturated rings. The van der Waals surface area contributed by atoms with Crippen LogP contribution in [0.25, 0.3) is 0 Å². The van der Waals surface area contributed by atoms with E-state index in [0.29, 0.717) is 5.69 Å². The van der Waals surface area contributed by atoms with Crippen molar-refractivity contribution >= 4 is 17.1 Å². The van der Waals surface area contributed by atoms with E-state index >= 15 is 0 Å². The molecule has 0 saturated carbocycles. The molecular weight excluding hydrogens is 200 g/mol. The van der Waals surface area contributed by atoms with E-state index in [2.05, 4.69) is 5.32 Å². The van der Waals surface area contributed by atoms with Gasteiger partial charge in [0.05, 0.1) is 5.69 Å². The van der Waals surface area contributed by atoms with Crippen molar-refractivity contribution in [3.8, 4) is 5.75 Å². The molecule has 2 rings (SSSR count). The van der Waals surface area contributed by atoms with Gasteiger partial charge in [0.15, 0.2) is 0 Å². The predicted octanol–water partition coefficient (Wildman–Crippen LogP) is 3.03. The summed E-state index contributed by atoms with van der Waals surface area (Å²) in [7, 11) is 0. The minimum absolute atomic E-state index is 0.106. The first-order valence-electron chi connectivity index (χ1n) is 5.07. The van der Waals surface area contributed by atoms with E-state index in [1.54, 1.807) is 18.2 Å². The Morgan fingerprint density at radius 2 is 1.62 bits per heavy atom. The van der Waals surface area contributed by atoms with Crippen molar-refractivity contribution < 1.29 is 5.11 Å². The molecule has 2 aromatic carbocycles. The van der Waals surface area contributed by atoms with E-state index in [1.165, 1.54) is 5.56 Å². The molecular formula is C13H14N2O. The summed E-state index contributed by atoms with van der Waals surface area (Å²) in [6.45, 7) is 2.04. The summed E-state index contributed by atoms with van der Waals surface area (Å²) in [5.74, 6) is 0.106. The molecule has 0 bridgehead atoms. The maximum Gasteiger partial charge on any atom is 0.138 e. The highest BCUT2D eigenvalue weighted by Crippen LogP contribution is 2.25. The van der Waals surface area contributed by atoms with Crippen LogP contribution in [0.15, 0.2) is 42.5 Å². The Hall–Kier alpha value is -2.16. The largest absolute Gasteiger partial charge is 0.506 e. The van der Waals surface area contributed by atoms with Gasteiger partial charge >= 0.3 is 0 Å². The Morgan fingerprint density at radius 1 is 1.00 bits per heavy atom. The molecule has 3 nitrogen and oxygen atoms in total. The molecule has 0 heterocycles. The Labute approximate surface area is 94.5 Å². The molecule has 16 heavy (non-hydrogen) atoms. The molecule has 3 heteroatoms. The zero-order valence-corrected chi connectivity index (χ0v) is 9.07. The molecule has 0 aromatic heterocycles. The van der Waals surface area contributed by atoms with Gasteiger partial charge in [-0.2, -0.15) is 0 Å². The van der Waals surface area contributed by atoms with Crippen LogP contribution in [-0.2, 0) is 0 Å². The Morgan fingerprint density at radius 3 is 2.25 bits per heavy atom. The highest BCUT2D eigenvalue weighted by atomic mass is 16.3. The number of rotatable bonds is 2. The number of benzene rings is 2. The summed E-state index contributed by atoms with van der Waals surface area (Å²) < 4.78 is 0. The van der Waals surface area contributed by atoms with Crippen molar-refractivity contribution in [1.82, 2.24) is 0 Å². The molecule has 0 aliphatic carbocycles. The normalized spacial score (nSPS) is 10.1. The molecule has 0 saturated heterocycles. The van der Waals surface area contributed by atoms with E-state index in [4.69, 9.17) is 5.73 Å². The van der Waals surface area contributed by atoms with Crippen LogP contribution in [0, 0.1) is 6.92 Å². The van der Waals surface area contributed by atoms with Crippen LogP contribution in [0.3, 0.4) is 0 Å². The smallest absolute Gasteiger partial charge is 0.138 e. The van der Waals surface area contributed by atoms with Crippen LogP contribution in [0.5, 0.6) is 5.75 Å². The van der Waals surface area contributed by atoms with Crippen LogP contribution >= 0.6 is 0 Å². The zero-order valence-electron chi connectivity index (χ0n) is 9.07. The highest BCUT2D eigenvalue weighted by Gasteiger charge is 1.99. The zero-order chi connectivity index (χ0) is 11.5. The molecule has 0 atom stereocenters. The minimum Gasteiger partial charge on any atom is -0.506 e. The van der Waals surface area contributed by atoms with Gasteiger partial charge in [-0.1, -0.05) is 17.7 Å². The topological polar surface area (TPSA) is 58.3 Å². The fraction of sp³-hybridized carbons (Fsp3) is 0.0769. The van der Waals surface area contributed by atoms with Crippen molar-refractivity contribution in [3.63, 3.8) is 0 Å². The maximum atomic E-state index is 9.29. The predicted molar refractivity (Wildman–Crippen MR) is 67.0 cm³/mol. The van der Waals surface area contributed by atoms with E-state index in [0.717, 1.165) is 11.4 Å². The lowest BCUT2D eigenvalue weighted by Gasteiger charge is -2.08. The summed E-state index contributed by atoms with van der Waals surface area (Å²) in [5, 5.41) is 12.5. The third kappa shape index (κ3) is 2.25. The van der Waals surface area contributed by atoms with Gasteiger partial charge in [0.1, 0.15) is 5.75 Å². The minimum atomic E-state index is 0.106. The number of hydrogen-bond donors (Lipinski definition) is 3. The van der Waals surface area contributed by atoms with Gasteiger partial charge in [-0.15, -0.1) is 0 Å². The Balaban J connectivity index is 2.20. The number of phenolic OH excluding ortho intramolecular Hbond substituents is 1. The lowest BCUT2D eigenvalue weighted by atomic mass is 10.2. The standard InChI is InChI=1S/C13H14N2O/c1-9-2-4-10(5-3-9)15-11-6-7-13(16)12(14)8-11/h2-8,15-16H,14H2,1H3. The second kappa shape index (κ2) is 4.14. The second-order valence-electron chi connectivity index (χ2n) is 3.76. The summed E-state index contributed by atoms with van der Waals surface area (Å²) in [6.07, 6.45) is 0. The third-order valence-electron chi connectivity index (χ3n) is 2.37. The van der Waals surface area contributed by atoms with Gasteiger partial charge in [0.2, 0.25) is 0 Å². The van der Waals surface area contributed by atoms with Crippen molar-refractivity contribution in [2.75, 3.05) is 11.1 Å². The van der Waals surface area contributed by atoms with Gasteiger partial charge < -0.3 is 16.2 Å². The number of phenols is 1. The average Bonchev–Trinajstić information content (AvgIpc) is 2.27. The highest BCUT2D eigenvalue weighted by molar-refractivity contribution is 5.67. The number of aromatic hydroxyl groups is 1. The van der Waals surface area contributed by atoms with Gasteiger partial charge in [-0.3, -0.25) is 0 Å². The first-order valence-corrected chi connectivity index (χ1v) is 5.07. The van der Waals surface area contributed by atoms with Crippen LogP contribution in [0.2, 0.25) is 0 Å². The van der Waals surface area contributed by atoms with Gasteiger partial charge in [0.25, 0.3) is 0 Å². The number of nitrogen functional groups attached to an aromatic ring is 1. The molecule has 0 spiro atoms. The number of aryl methyl sites for hydroxylation is 1. The SMILES string of the molecule is Cc1ccc(Nc2ccc(O)c(N)c2)cc1. The van der Waals surface area contributed by atoms with Gasteiger partial charge in [-0.25, -0.2) is 0 Å². The maximum absolute atomic E-state index is 9.29. The van der Waals surface area contributed by atoms with Gasteiger partial charge in [-0.05, 0) is 37.3 Å². The van der Waals surface area contributed by atoms with Crippen LogP contribution in [0.4, 0.5) is 17.1 Å². The second-order valence-corrected chi connectivity index (χ2v) is 3.76. The van der Waals surface area contributed by atoms with Crippen molar-refractivity contribution in [2.45, 2.75) is 6.92 Å². The van der Waals surface area contributed by atoms with Crippen LogP contribution in [0.1, 0.15) is 5.56 Å². The lowest BCUT2D eigenvalue weighted by molar-refractivity contribution is 0.478. The quantitative estimate of drug-likeness (QED) is 0.409.